The van der Waals surface area contributed by atoms with Crippen LogP contribution in [0.4, 0.5) is 0 Å². The summed E-state index contributed by atoms with van der Waals surface area (Å²) < 4.78 is 15.7. The first-order chi connectivity index (χ1) is 11.6. The summed E-state index contributed by atoms with van der Waals surface area (Å²) in [4.78, 5) is 23.8. The van der Waals surface area contributed by atoms with Crippen LogP contribution in [-0.4, -0.2) is 24.8 Å². The number of ether oxygens (including phenoxy) is 3. The lowest BCUT2D eigenvalue weighted by Gasteiger charge is -2.16. The fourth-order valence-corrected chi connectivity index (χ4v) is 3.08. The van der Waals surface area contributed by atoms with Crippen molar-refractivity contribution in [3.63, 3.8) is 0 Å². The Morgan fingerprint density at radius 1 is 1.38 bits per heavy atom. The number of carbonyl (C=O) groups is 2. The van der Waals surface area contributed by atoms with E-state index >= 15 is 0 Å². The minimum atomic E-state index is -0.793. The van der Waals surface area contributed by atoms with Crippen molar-refractivity contribution in [3.8, 4) is 0 Å². The first-order valence-electron chi connectivity index (χ1n) is 8.10. The molecule has 2 aliphatic rings. The maximum atomic E-state index is 12.4. The van der Waals surface area contributed by atoms with Crippen LogP contribution in [0.2, 0.25) is 0 Å². The zero-order valence-electron chi connectivity index (χ0n) is 13.8. The lowest BCUT2D eigenvalue weighted by molar-refractivity contribution is -0.152. The molecule has 0 radical (unpaired) electrons. The van der Waals surface area contributed by atoms with Crippen LogP contribution in [0, 0.1) is 0 Å². The number of rotatable bonds is 5. The number of fused-ring (bicyclic) bond motifs is 1. The largest absolute Gasteiger partial charge is 0.463 e. The second-order valence-corrected chi connectivity index (χ2v) is 5.84. The average molecular weight is 328 g/mol. The quantitative estimate of drug-likeness (QED) is 0.472. The number of hydrogen-bond donors (Lipinski definition) is 0. The topological polar surface area (TPSA) is 61.8 Å². The molecule has 0 saturated heterocycles. The lowest BCUT2D eigenvalue weighted by atomic mass is 9.93. The van der Waals surface area contributed by atoms with Gasteiger partial charge in [0.15, 0.2) is 0 Å². The van der Waals surface area contributed by atoms with E-state index in [4.69, 9.17) is 14.2 Å². The Morgan fingerprint density at radius 3 is 2.88 bits per heavy atom. The normalized spacial score (nSPS) is 22.7. The number of esters is 2. The molecule has 1 aliphatic heterocycles. The van der Waals surface area contributed by atoms with E-state index < -0.39 is 18.2 Å². The van der Waals surface area contributed by atoms with E-state index in [9.17, 15) is 9.59 Å². The third-order valence-corrected chi connectivity index (χ3v) is 4.28. The SMILES string of the molecule is CCOC(=O)/C(=C/OC1C=C(C)C(=O)O1)C1CCc2ccccc21. The number of benzene rings is 1. The number of aryl methyl sites for hydroxylation is 1. The van der Waals surface area contributed by atoms with Gasteiger partial charge < -0.3 is 14.2 Å². The maximum Gasteiger partial charge on any atom is 0.337 e. The van der Waals surface area contributed by atoms with Gasteiger partial charge in [-0.2, -0.15) is 0 Å². The van der Waals surface area contributed by atoms with Crippen LogP contribution in [-0.2, 0) is 30.2 Å². The third-order valence-electron chi connectivity index (χ3n) is 4.28. The van der Waals surface area contributed by atoms with Crippen LogP contribution in [0.15, 0.2) is 47.7 Å². The Balaban J connectivity index is 1.84. The Labute approximate surface area is 140 Å². The molecule has 0 bridgehead atoms. The molecule has 24 heavy (non-hydrogen) atoms. The molecule has 2 unspecified atom stereocenters. The van der Waals surface area contributed by atoms with Crippen LogP contribution in [0.1, 0.15) is 37.3 Å². The number of carbonyl (C=O) groups excluding carboxylic acids is 2. The van der Waals surface area contributed by atoms with Gasteiger partial charge in [0, 0.05) is 17.6 Å². The van der Waals surface area contributed by atoms with Gasteiger partial charge >= 0.3 is 11.9 Å². The van der Waals surface area contributed by atoms with Gasteiger partial charge in [-0.25, -0.2) is 9.59 Å². The van der Waals surface area contributed by atoms with Crippen LogP contribution < -0.4 is 0 Å². The molecule has 1 aromatic carbocycles. The standard InChI is InChI=1S/C19H20O5/c1-3-22-19(21)16(11-23-17-10-12(2)18(20)24-17)15-9-8-13-6-4-5-7-14(13)15/h4-7,10-11,15,17H,3,8-9H2,1-2H3/b16-11+. The summed E-state index contributed by atoms with van der Waals surface area (Å²) in [6, 6.07) is 8.06. The molecule has 3 rings (SSSR count). The molecule has 1 heterocycles. The molecule has 2 atom stereocenters. The zero-order chi connectivity index (χ0) is 17.1. The summed E-state index contributed by atoms with van der Waals surface area (Å²) in [5.74, 6) is -0.871. The predicted molar refractivity (Wildman–Crippen MR) is 86.9 cm³/mol. The van der Waals surface area contributed by atoms with E-state index in [-0.39, 0.29) is 5.92 Å². The molecule has 1 aromatic rings. The van der Waals surface area contributed by atoms with Gasteiger partial charge in [-0.1, -0.05) is 24.3 Å². The molecule has 0 aromatic heterocycles. The van der Waals surface area contributed by atoms with E-state index in [1.165, 1.54) is 11.8 Å². The highest BCUT2D eigenvalue weighted by Crippen LogP contribution is 2.38. The predicted octanol–water partition coefficient (Wildman–Crippen LogP) is 3.01. The fraction of sp³-hybridized carbons (Fsp3) is 0.368. The Hall–Kier alpha value is -2.56. The molecule has 126 valence electrons. The van der Waals surface area contributed by atoms with Crippen molar-refractivity contribution in [2.45, 2.75) is 38.9 Å². The third kappa shape index (κ3) is 3.20. The summed E-state index contributed by atoms with van der Waals surface area (Å²) in [5, 5.41) is 0. The lowest BCUT2D eigenvalue weighted by Crippen LogP contribution is -2.16. The van der Waals surface area contributed by atoms with Gasteiger partial charge in [-0.05, 0) is 37.8 Å². The Morgan fingerprint density at radius 2 is 2.17 bits per heavy atom. The molecule has 0 N–H and O–H groups in total. The van der Waals surface area contributed by atoms with Gasteiger partial charge in [0.05, 0.1) is 18.4 Å². The Bertz CT molecular complexity index is 716. The maximum absolute atomic E-state index is 12.4. The molecular weight excluding hydrogens is 308 g/mol. The minimum Gasteiger partial charge on any atom is -0.463 e. The van der Waals surface area contributed by atoms with Gasteiger partial charge in [0.1, 0.15) is 0 Å². The Kier molecular flexibility index (Phi) is 4.69. The number of cyclic esters (lactones) is 1. The van der Waals surface area contributed by atoms with Gasteiger partial charge in [0.25, 0.3) is 6.29 Å². The first-order valence-corrected chi connectivity index (χ1v) is 8.10. The summed E-state index contributed by atoms with van der Waals surface area (Å²) in [5.41, 5.74) is 3.31. The fourth-order valence-electron chi connectivity index (χ4n) is 3.08. The van der Waals surface area contributed by atoms with Gasteiger partial charge in [-0.15, -0.1) is 0 Å². The molecule has 0 fully saturated rings. The summed E-state index contributed by atoms with van der Waals surface area (Å²) in [6.07, 6.45) is 3.92. The van der Waals surface area contributed by atoms with Crippen molar-refractivity contribution in [2.24, 2.45) is 0 Å². The van der Waals surface area contributed by atoms with Crippen molar-refractivity contribution in [1.82, 2.24) is 0 Å². The van der Waals surface area contributed by atoms with E-state index in [1.54, 1.807) is 19.9 Å². The second kappa shape index (κ2) is 6.91. The van der Waals surface area contributed by atoms with Crippen molar-refractivity contribution >= 4 is 11.9 Å². The monoisotopic (exact) mass is 328 g/mol. The van der Waals surface area contributed by atoms with Crippen LogP contribution in [0.3, 0.4) is 0 Å². The van der Waals surface area contributed by atoms with E-state index in [1.807, 2.05) is 18.2 Å². The summed E-state index contributed by atoms with van der Waals surface area (Å²) in [6.45, 7) is 3.72. The van der Waals surface area contributed by atoms with Gasteiger partial charge in [-0.3, -0.25) is 0 Å². The molecule has 0 amide bonds. The molecule has 0 spiro atoms. The van der Waals surface area contributed by atoms with Crippen molar-refractivity contribution in [3.05, 3.63) is 58.9 Å². The van der Waals surface area contributed by atoms with Crippen molar-refractivity contribution < 1.29 is 23.8 Å². The molecular formula is C19H20O5. The summed E-state index contributed by atoms with van der Waals surface area (Å²) in [7, 11) is 0. The zero-order valence-corrected chi connectivity index (χ0v) is 13.8. The molecule has 5 nitrogen and oxygen atoms in total. The van der Waals surface area contributed by atoms with E-state index in [2.05, 4.69) is 6.07 Å². The van der Waals surface area contributed by atoms with E-state index in [0.717, 1.165) is 18.4 Å². The highest BCUT2D eigenvalue weighted by molar-refractivity contribution is 5.91. The van der Waals surface area contributed by atoms with Crippen molar-refractivity contribution in [1.29, 1.82) is 0 Å². The smallest absolute Gasteiger partial charge is 0.337 e. The van der Waals surface area contributed by atoms with E-state index in [0.29, 0.717) is 17.8 Å². The summed E-state index contributed by atoms with van der Waals surface area (Å²) >= 11 is 0. The second-order valence-electron chi connectivity index (χ2n) is 5.84. The highest BCUT2D eigenvalue weighted by atomic mass is 16.7. The minimum absolute atomic E-state index is 0.0672. The molecule has 1 aliphatic carbocycles. The average Bonchev–Trinajstić information content (AvgIpc) is 3.12. The van der Waals surface area contributed by atoms with Crippen LogP contribution in [0.5, 0.6) is 0 Å². The number of hydrogen-bond acceptors (Lipinski definition) is 5. The highest BCUT2D eigenvalue weighted by Gasteiger charge is 2.31. The first kappa shape index (κ1) is 16.3. The van der Waals surface area contributed by atoms with Crippen LogP contribution >= 0.6 is 0 Å². The van der Waals surface area contributed by atoms with Crippen molar-refractivity contribution in [2.75, 3.05) is 6.61 Å². The molecule has 0 saturated carbocycles. The molecule has 5 heteroatoms. The van der Waals surface area contributed by atoms with Gasteiger partial charge in [0.2, 0.25) is 0 Å². The van der Waals surface area contributed by atoms with Crippen LogP contribution in [0.25, 0.3) is 0 Å².